The van der Waals surface area contributed by atoms with Gasteiger partial charge in [0.2, 0.25) is 5.91 Å². The lowest BCUT2D eigenvalue weighted by molar-refractivity contribution is -0.147. The Morgan fingerprint density at radius 3 is 2.38 bits per heavy atom. The zero-order valence-corrected chi connectivity index (χ0v) is 24.5. The molecule has 8 nitrogen and oxygen atoms in total. The van der Waals surface area contributed by atoms with E-state index in [1.807, 2.05) is 96.1 Å². The summed E-state index contributed by atoms with van der Waals surface area (Å²) in [6.45, 7) is 12.2. The molecule has 3 atom stereocenters. The number of rotatable bonds is 9. The number of aliphatic hydroxyl groups is 1. The smallest absolute Gasteiger partial charge is 0.407 e. The van der Waals surface area contributed by atoms with Crippen LogP contribution in [0, 0.1) is 12.3 Å². The quantitative estimate of drug-likeness (QED) is 0.431. The molecule has 1 saturated heterocycles. The summed E-state index contributed by atoms with van der Waals surface area (Å²) in [7, 11) is 0. The molecule has 0 radical (unpaired) electrons. The summed E-state index contributed by atoms with van der Waals surface area (Å²) in [5.41, 5.74) is 2.66. The Hall–Kier alpha value is -3.04. The third-order valence-corrected chi connectivity index (χ3v) is 8.04. The topological polar surface area (TPSA) is 108 Å². The molecule has 3 unspecified atom stereocenters. The maximum absolute atomic E-state index is 13.7. The predicted molar refractivity (Wildman–Crippen MR) is 154 cm³/mol. The number of carbonyl (C=O) groups excluding carboxylic acids is 3. The number of nitrogens with zero attached hydrogens (tertiary/aromatic N) is 1. The van der Waals surface area contributed by atoms with Crippen LogP contribution in [-0.4, -0.2) is 63.3 Å². The van der Waals surface area contributed by atoms with Crippen LogP contribution in [0.25, 0.3) is 0 Å². The summed E-state index contributed by atoms with van der Waals surface area (Å²) in [5.74, 6) is -0.648. The molecule has 1 fully saturated rings. The van der Waals surface area contributed by atoms with Crippen LogP contribution in [0.2, 0.25) is 0 Å². The second-order valence-corrected chi connectivity index (χ2v) is 13.4. The molecule has 2 aromatic carbocycles. The summed E-state index contributed by atoms with van der Waals surface area (Å²) in [4.78, 5) is 41.2. The minimum atomic E-state index is -1.58. The van der Waals surface area contributed by atoms with Gasteiger partial charge in [-0.3, -0.25) is 9.59 Å². The number of benzene rings is 2. The minimum absolute atomic E-state index is 0.182. The van der Waals surface area contributed by atoms with E-state index >= 15 is 0 Å². The first-order valence-corrected chi connectivity index (χ1v) is 14.2. The number of alkyl carbamates (subject to hydrolysis) is 1. The zero-order chi connectivity index (χ0) is 28.8. The van der Waals surface area contributed by atoms with Crippen molar-refractivity contribution in [1.82, 2.24) is 15.5 Å². The number of thioether (sulfide) groups is 1. The van der Waals surface area contributed by atoms with Crippen molar-refractivity contribution in [2.45, 2.75) is 77.4 Å². The maximum Gasteiger partial charge on any atom is 0.407 e. The van der Waals surface area contributed by atoms with Gasteiger partial charge in [0.25, 0.3) is 5.91 Å². The number of hydrogen-bond donors (Lipinski definition) is 3. The van der Waals surface area contributed by atoms with Gasteiger partial charge in [-0.25, -0.2) is 4.79 Å². The van der Waals surface area contributed by atoms with E-state index in [2.05, 4.69) is 10.6 Å². The Kier molecular flexibility index (Phi) is 10.1. The van der Waals surface area contributed by atoms with Crippen molar-refractivity contribution in [3.05, 3.63) is 71.3 Å². The molecule has 9 heteroatoms. The molecule has 3 N–H and O–H groups in total. The molecule has 0 spiro atoms. The number of amides is 3. The van der Waals surface area contributed by atoms with Gasteiger partial charge in [-0.1, -0.05) is 75.4 Å². The van der Waals surface area contributed by atoms with E-state index < -0.39 is 34.9 Å². The second kappa shape index (κ2) is 12.9. The van der Waals surface area contributed by atoms with E-state index in [1.165, 1.54) is 16.7 Å². The van der Waals surface area contributed by atoms with Crippen LogP contribution < -0.4 is 10.6 Å². The molecule has 39 heavy (non-hydrogen) atoms. The highest BCUT2D eigenvalue weighted by Crippen LogP contribution is 2.40. The maximum atomic E-state index is 13.7. The summed E-state index contributed by atoms with van der Waals surface area (Å²) < 4.78 is 4.78. The molecular weight excluding hydrogens is 514 g/mol. The van der Waals surface area contributed by atoms with Crippen LogP contribution in [0.3, 0.4) is 0 Å². The van der Waals surface area contributed by atoms with Gasteiger partial charge in [-0.05, 0) is 49.3 Å². The number of hydrogen-bond acceptors (Lipinski definition) is 6. The average Bonchev–Trinajstić information content (AvgIpc) is 3.20. The number of aryl methyl sites for hydroxylation is 1. The van der Waals surface area contributed by atoms with Crippen molar-refractivity contribution < 1.29 is 24.2 Å². The first-order chi connectivity index (χ1) is 18.3. The average molecular weight is 556 g/mol. The highest BCUT2D eigenvalue weighted by molar-refractivity contribution is 8.00. The van der Waals surface area contributed by atoms with Crippen molar-refractivity contribution in [3.63, 3.8) is 0 Å². The Balaban J connectivity index is 1.77. The Bertz CT molecular complexity index is 1150. The van der Waals surface area contributed by atoms with Crippen LogP contribution in [0.5, 0.6) is 0 Å². The van der Waals surface area contributed by atoms with Crippen LogP contribution in [0.4, 0.5) is 4.79 Å². The van der Waals surface area contributed by atoms with Crippen molar-refractivity contribution in [1.29, 1.82) is 0 Å². The molecule has 0 aromatic heterocycles. The van der Waals surface area contributed by atoms with Crippen molar-refractivity contribution in [2.24, 2.45) is 5.41 Å². The lowest BCUT2D eigenvalue weighted by Gasteiger charge is -2.33. The monoisotopic (exact) mass is 555 g/mol. The van der Waals surface area contributed by atoms with Gasteiger partial charge < -0.3 is 25.4 Å². The fraction of sp³-hybridized carbons (Fsp3) is 0.500. The largest absolute Gasteiger partial charge is 0.449 e. The van der Waals surface area contributed by atoms with E-state index in [0.717, 1.165) is 16.7 Å². The number of aliphatic hydroxyl groups excluding tert-OH is 1. The van der Waals surface area contributed by atoms with Crippen LogP contribution in [0.15, 0.2) is 54.6 Å². The SMILES string of the molecule is Cc1ccccc1CNC(=O)C1N(C(=O)C(O)C(Cc2ccccc2)NC(=O)OCC(C)(C)C)CSC1(C)C. The number of carbonyl (C=O) groups is 3. The van der Waals surface area contributed by atoms with E-state index in [0.29, 0.717) is 6.54 Å². The molecule has 3 rings (SSSR count). The molecule has 0 saturated carbocycles. The third kappa shape index (κ3) is 8.47. The van der Waals surface area contributed by atoms with Crippen LogP contribution in [-0.2, 0) is 27.3 Å². The highest BCUT2D eigenvalue weighted by Gasteiger charge is 2.49. The standard InChI is InChI=1S/C30H41N3O5S/c1-20-12-10-11-15-22(20)17-31-26(35)25-30(5,6)39-19-33(25)27(36)24(34)23(16-21-13-8-7-9-14-21)32-28(37)38-18-29(2,3)4/h7-15,23-25,34H,16-19H2,1-6H3,(H,31,35)(H,32,37). The van der Waals surface area contributed by atoms with Gasteiger partial charge in [-0.15, -0.1) is 11.8 Å². The molecular formula is C30H41N3O5S. The second-order valence-electron chi connectivity index (χ2n) is 11.8. The molecule has 3 amide bonds. The summed E-state index contributed by atoms with van der Waals surface area (Å²) in [6.07, 6.45) is -2.07. The first-order valence-electron chi connectivity index (χ1n) is 13.2. The van der Waals surface area contributed by atoms with Gasteiger partial charge in [0.05, 0.1) is 18.5 Å². The van der Waals surface area contributed by atoms with Gasteiger partial charge in [0, 0.05) is 11.3 Å². The molecule has 0 bridgehead atoms. The Morgan fingerprint density at radius 2 is 1.74 bits per heavy atom. The fourth-order valence-corrected chi connectivity index (χ4v) is 5.57. The lowest BCUT2D eigenvalue weighted by Crippen LogP contribution is -2.58. The third-order valence-electron chi connectivity index (χ3n) is 6.66. The Labute approximate surface area is 235 Å². The minimum Gasteiger partial charge on any atom is -0.449 e. The molecule has 212 valence electrons. The van der Waals surface area contributed by atoms with Crippen molar-refractivity contribution in [2.75, 3.05) is 12.5 Å². The number of ether oxygens (including phenoxy) is 1. The molecule has 1 aliphatic rings. The zero-order valence-electron chi connectivity index (χ0n) is 23.7. The van der Waals surface area contributed by atoms with Gasteiger partial charge in [-0.2, -0.15) is 0 Å². The van der Waals surface area contributed by atoms with Crippen molar-refractivity contribution in [3.8, 4) is 0 Å². The first kappa shape index (κ1) is 30.5. The van der Waals surface area contributed by atoms with Crippen LogP contribution in [0.1, 0.15) is 51.3 Å². The predicted octanol–water partition coefficient (Wildman–Crippen LogP) is 4.04. The van der Waals surface area contributed by atoms with Gasteiger partial charge in [0.1, 0.15) is 6.04 Å². The van der Waals surface area contributed by atoms with E-state index in [-0.39, 0.29) is 30.2 Å². The molecule has 2 aromatic rings. The highest BCUT2D eigenvalue weighted by atomic mass is 32.2. The van der Waals surface area contributed by atoms with E-state index in [9.17, 15) is 19.5 Å². The fourth-order valence-electron chi connectivity index (χ4n) is 4.43. The van der Waals surface area contributed by atoms with Gasteiger partial charge >= 0.3 is 6.09 Å². The molecule has 0 aliphatic carbocycles. The molecule has 1 heterocycles. The van der Waals surface area contributed by atoms with Crippen LogP contribution >= 0.6 is 11.8 Å². The van der Waals surface area contributed by atoms with E-state index in [4.69, 9.17) is 4.74 Å². The summed E-state index contributed by atoms with van der Waals surface area (Å²) >= 11 is 1.48. The molecule has 1 aliphatic heterocycles. The lowest BCUT2D eigenvalue weighted by atomic mass is 9.97. The Morgan fingerprint density at radius 1 is 1.10 bits per heavy atom. The summed E-state index contributed by atoms with van der Waals surface area (Å²) in [6, 6.07) is 15.4. The van der Waals surface area contributed by atoms with Gasteiger partial charge in [0.15, 0.2) is 6.10 Å². The van der Waals surface area contributed by atoms with Crippen molar-refractivity contribution >= 4 is 29.7 Å². The normalized spacial score (nSPS) is 18.2. The summed E-state index contributed by atoms with van der Waals surface area (Å²) in [5, 5.41) is 17.0. The number of nitrogens with one attached hydrogen (secondary N) is 2. The van der Waals surface area contributed by atoms with E-state index in [1.54, 1.807) is 0 Å².